The minimum atomic E-state index is -0.480. The Morgan fingerprint density at radius 2 is 1.72 bits per heavy atom. The number of benzene rings is 2. The second kappa shape index (κ2) is 8.38. The minimum Gasteiger partial charge on any atom is -0.449 e. The lowest BCUT2D eigenvalue weighted by Crippen LogP contribution is -2.26. The van der Waals surface area contributed by atoms with Gasteiger partial charge < -0.3 is 10.1 Å². The van der Waals surface area contributed by atoms with Crippen LogP contribution in [0.2, 0.25) is 5.15 Å². The third-order valence-corrected chi connectivity index (χ3v) is 5.15. The lowest BCUT2D eigenvalue weighted by atomic mass is 9.98. The van der Waals surface area contributed by atoms with Crippen LogP contribution in [0.1, 0.15) is 28.3 Å². The summed E-state index contributed by atoms with van der Waals surface area (Å²) in [5.74, 6) is 5.93. The molecule has 0 aliphatic heterocycles. The van der Waals surface area contributed by atoms with Gasteiger partial charge in [-0.25, -0.2) is 9.78 Å². The van der Waals surface area contributed by atoms with Gasteiger partial charge in [-0.3, -0.25) is 0 Å². The molecule has 1 N–H and O–H groups in total. The summed E-state index contributed by atoms with van der Waals surface area (Å²) < 4.78 is 5.48. The van der Waals surface area contributed by atoms with Crippen molar-refractivity contribution in [1.29, 1.82) is 0 Å². The van der Waals surface area contributed by atoms with Gasteiger partial charge in [0.15, 0.2) is 0 Å². The molecule has 29 heavy (non-hydrogen) atoms. The van der Waals surface area contributed by atoms with Gasteiger partial charge in [0.05, 0.1) is 12.2 Å². The molecule has 0 saturated heterocycles. The van der Waals surface area contributed by atoms with Crippen molar-refractivity contribution in [3.63, 3.8) is 0 Å². The molecule has 5 heteroatoms. The summed E-state index contributed by atoms with van der Waals surface area (Å²) in [4.78, 5) is 16.3. The fourth-order valence-corrected chi connectivity index (χ4v) is 3.76. The normalized spacial score (nSPS) is 11.8. The molecule has 1 aromatic heterocycles. The Hall–Kier alpha value is -3.29. The van der Waals surface area contributed by atoms with E-state index in [-0.39, 0.29) is 19.1 Å². The number of hydrogen-bond acceptors (Lipinski definition) is 3. The molecular weight excluding hydrogens is 384 g/mol. The Morgan fingerprint density at radius 1 is 1.07 bits per heavy atom. The van der Waals surface area contributed by atoms with E-state index >= 15 is 0 Å². The van der Waals surface area contributed by atoms with Crippen molar-refractivity contribution in [3.05, 3.63) is 88.2 Å². The van der Waals surface area contributed by atoms with E-state index in [4.69, 9.17) is 16.3 Å². The lowest BCUT2D eigenvalue weighted by molar-refractivity contribution is 0.144. The molecule has 0 unspecified atom stereocenters. The second-order valence-corrected chi connectivity index (χ2v) is 7.14. The topological polar surface area (TPSA) is 51.2 Å². The number of amides is 1. The Morgan fingerprint density at radius 3 is 2.38 bits per heavy atom. The van der Waals surface area contributed by atoms with Crippen molar-refractivity contribution >= 4 is 17.7 Å². The van der Waals surface area contributed by atoms with Crippen molar-refractivity contribution < 1.29 is 9.53 Å². The molecule has 1 heterocycles. The largest absolute Gasteiger partial charge is 0.449 e. The van der Waals surface area contributed by atoms with Crippen LogP contribution in [0.15, 0.2) is 60.7 Å². The molecule has 2 aromatic carbocycles. The molecule has 1 amide bonds. The Balaban J connectivity index is 1.35. The van der Waals surface area contributed by atoms with E-state index in [9.17, 15) is 4.79 Å². The first-order chi connectivity index (χ1) is 14.1. The number of nitrogens with zero attached hydrogens (tertiary/aromatic N) is 1. The predicted molar refractivity (Wildman–Crippen MR) is 114 cm³/mol. The lowest BCUT2D eigenvalue weighted by Gasteiger charge is -2.14. The fourth-order valence-electron chi connectivity index (χ4n) is 3.57. The maximum atomic E-state index is 12.1. The Bertz CT molecular complexity index is 1090. The standard InChI is InChI=1S/C24H19ClN2O2/c1-16-17(12-13-23(25)27-16)7-6-14-26-24(28)29-15-22-20-10-4-2-8-18(20)19-9-3-5-11-21(19)22/h2-5,8-13,22H,14-15H2,1H3,(H,26,28). The number of alkyl carbamates (subject to hydrolysis) is 1. The van der Waals surface area contributed by atoms with Gasteiger partial charge in [0.25, 0.3) is 0 Å². The number of rotatable bonds is 3. The van der Waals surface area contributed by atoms with Crippen LogP contribution in [0.5, 0.6) is 0 Å². The van der Waals surface area contributed by atoms with Gasteiger partial charge in [-0.15, -0.1) is 0 Å². The first-order valence-electron chi connectivity index (χ1n) is 9.34. The number of ether oxygens (including phenoxy) is 1. The average molecular weight is 403 g/mol. The molecule has 3 aromatic rings. The second-order valence-electron chi connectivity index (χ2n) is 6.75. The summed E-state index contributed by atoms with van der Waals surface area (Å²) >= 11 is 5.84. The van der Waals surface area contributed by atoms with E-state index in [1.165, 1.54) is 22.3 Å². The fraction of sp³-hybridized carbons (Fsp3) is 0.167. The van der Waals surface area contributed by atoms with Gasteiger partial charge in [0.2, 0.25) is 0 Å². The Kier molecular flexibility index (Phi) is 5.50. The van der Waals surface area contributed by atoms with Gasteiger partial charge >= 0.3 is 6.09 Å². The summed E-state index contributed by atoms with van der Waals surface area (Å²) in [7, 11) is 0. The smallest absolute Gasteiger partial charge is 0.407 e. The SMILES string of the molecule is Cc1nc(Cl)ccc1C#CCNC(=O)OCC1c2ccccc2-c2ccccc21. The number of hydrogen-bond donors (Lipinski definition) is 1. The Labute approximate surface area is 174 Å². The van der Waals surface area contributed by atoms with Crippen molar-refractivity contribution in [2.75, 3.05) is 13.2 Å². The van der Waals surface area contributed by atoms with Crippen molar-refractivity contribution in [1.82, 2.24) is 10.3 Å². The summed E-state index contributed by atoms with van der Waals surface area (Å²) in [6.45, 7) is 2.32. The molecule has 4 rings (SSSR count). The van der Waals surface area contributed by atoms with E-state index in [2.05, 4.69) is 46.4 Å². The monoisotopic (exact) mass is 402 g/mol. The summed E-state index contributed by atoms with van der Waals surface area (Å²) in [6.07, 6.45) is -0.480. The number of aromatic nitrogens is 1. The molecule has 0 fully saturated rings. The van der Waals surface area contributed by atoms with Crippen molar-refractivity contribution in [2.24, 2.45) is 0 Å². The molecule has 4 nitrogen and oxygen atoms in total. The molecular formula is C24H19ClN2O2. The van der Waals surface area contributed by atoms with Gasteiger partial charge in [-0.2, -0.15) is 0 Å². The number of nitrogens with one attached hydrogen (secondary N) is 1. The highest BCUT2D eigenvalue weighted by molar-refractivity contribution is 6.29. The van der Waals surface area contributed by atoms with E-state index < -0.39 is 6.09 Å². The number of halogens is 1. The van der Waals surface area contributed by atoms with E-state index in [1.807, 2.05) is 37.3 Å². The quantitative estimate of drug-likeness (QED) is 0.499. The molecule has 1 aliphatic carbocycles. The maximum absolute atomic E-state index is 12.1. The van der Waals surface area contributed by atoms with Crippen LogP contribution < -0.4 is 5.32 Å². The highest BCUT2D eigenvalue weighted by Crippen LogP contribution is 2.44. The van der Waals surface area contributed by atoms with Crippen LogP contribution in [0.3, 0.4) is 0 Å². The molecule has 0 spiro atoms. The van der Waals surface area contributed by atoms with Crippen LogP contribution in [0, 0.1) is 18.8 Å². The summed E-state index contributed by atoms with van der Waals surface area (Å²) in [6, 6.07) is 20.0. The van der Waals surface area contributed by atoms with Crippen LogP contribution in [-0.4, -0.2) is 24.2 Å². The third kappa shape index (κ3) is 4.11. The minimum absolute atomic E-state index is 0.0435. The molecule has 0 radical (unpaired) electrons. The van der Waals surface area contributed by atoms with Crippen LogP contribution >= 0.6 is 11.6 Å². The van der Waals surface area contributed by atoms with Gasteiger partial charge in [-0.1, -0.05) is 72.0 Å². The zero-order valence-electron chi connectivity index (χ0n) is 15.9. The number of fused-ring (bicyclic) bond motifs is 3. The molecule has 0 atom stereocenters. The van der Waals surface area contributed by atoms with Gasteiger partial charge in [-0.05, 0) is 41.3 Å². The number of pyridine rings is 1. The van der Waals surface area contributed by atoms with E-state index in [1.54, 1.807) is 6.07 Å². The number of carbonyl (C=O) groups excluding carboxylic acids is 1. The predicted octanol–water partition coefficient (Wildman–Crippen LogP) is 4.93. The third-order valence-electron chi connectivity index (χ3n) is 4.94. The molecule has 0 saturated carbocycles. The first-order valence-corrected chi connectivity index (χ1v) is 9.72. The van der Waals surface area contributed by atoms with Crippen molar-refractivity contribution in [3.8, 4) is 23.0 Å². The van der Waals surface area contributed by atoms with Gasteiger partial charge in [0, 0.05) is 11.5 Å². The zero-order chi connectivity index (χ0) is 20.2. The van der Waals surface area contributed by atoms with Gasteiger partial charge in [0.1, 0.15) is 11.8 Å². The van der Waals surface area contributed by atoms with E-state index in [0.717, 1.165) is 11.3 Å². The highest BCUT2D eigenvalue weighted by Gasteiger charge is 2.28. The molecule has 1 aliphatic rings. The van der Waals surface area contributed by atoms with Crippen LogP contribution in [0.4, 0.5) is 4.79 Å². The summed E-state index contributed by atoms with van der Waals surface area (Å²) in [5, 5.41) is 3.11. The summed E-state index contributed by atoms with van der Waals surface area (Å²) in [5.41, 5.74) is 6.32. The zero-order valence-corrected chi connectivity index (χ0v) is 16.7. The molecule has 0 bridgehead atoms. The number of carbonyl (C=O) groups is 1. The highest BCUT2D eigenvalue weighted by atomic mass is 35.5. The van der Waals surface area contributed by atoms with Crippen LogP contribution in [-0.2, 0) is 4.74 Å². The molecule has 144 valence electrons. The van der Waals surface area contributed by atoms with E-state index in [0.29, 0.717) is 5.15 Å². The number of aryl methyl sites for hydroxylation is 1. The maximum Gasteiger partial charge on any atom is 0.407 e. The van der Waals surface area contributed by atoms with Crippen LogP contribution in [0.25, 0.3) is 11.1 Å². The van der Waals surface area contributed by atoms with Crippen molar-refractivity contribution in [2.45, 2.75) is 12.8 Å². The average Bonchev–Trinajstić information content (AvgIpc) is 3.05. The first kappa shape index (κ1) is 19.0.